The van der Waals surface area contributed by atoms with Gasteiger partial charge in [0.1, 0.15) is 6.23 Å². The molecule has 1 unspecified atom stereocenters. The fourth-order valence-corrected chi connectivity index (χ4v) is 0.599. The summed E-state index contributed by atoms with van der Waals surface area (Å²) in [6.45, 7) is 3.52. The molecule has 0 radical (unpaired) electrons. The van der Waals surface area contributed by atoms with E-state index in [1.807, 2.05) is 6.92 Å². The summed E-state index contributed by atoms with van der Waals surface area (Å²) in [7, 11) is 1.60. The molecule has 3 nitrogen and oxygen atoms in total. The van der Waals surface area contributed by atoms with E-state index in [4.69, 9.17) is 5.11 Å². The van der Waals surface area contributed by atoms with E-state index in [1.54, 1.807) is 14.0 Å². The van der Waals surface area contributed by atoms with Gasteiger partial charge in [-0.15, -0.1) is 0 Å². The van der Waals surface area contributed by atoms with Crippen molar-refractivity contribution in [2.24, 2.45) is 0 Å². The Hall–Kier alpha value is -0.570. The lowest BCUT2D eigenvalue weighted by atomic mass is 10.3. The molecule has 60 valence electrons. The van der Waals surface area contributed by atoms with Crippen molar-refractivity contribution < 1.29 is 9.90 Å². The monoisotopic (exact) mass is 145 g/mol. The zero-order chi connectivity index (χ0) is 8.15. The summed E-state index contributed by atoms with van der Waals surface area (Å²) < 4.78 is 0. The number of rotatable bonds is 3. The van der Waals surface area contributed by atoms with Crippen molar-refractivity contribution in [2.45, 2.75) is 32.9 Å². The Bertz CT molecular complexity index is 112. The van der Waals surface area contributed by atoms with E-state index in [0.29, 0.717) is 6.42 Å². The minimum atomic E-state index is -0.668. The highest BCUT2D eigenvalue weighted by Gasteiger charge is 2.10. The molecule has 3 heteroatoms. The van der Waals surface area contributed by atoms with Gasteiger partial charge in [0.15, 0.2) is 0 Å². The van der Waals surface area contributed by atoms with Crippen molar-refractivity contribution in [1.82, 2.24) is 4.90 Å². The maximum Gasteiger partial charge on any atom is 0.224 e. The number of carbonyl (C=O) groups is 1. The van der Waals surface area contributed by atoms with E-state index in [0.717, 1.165) is 6.42 Å². The van der Waals surface area contributed by atoms with Gasteiger partial charge in [0.05, 0.1) is 0 Å². The molecule has 1 amide bonds. The second-order valence-electron chi connectivity index (χ2n) is 2.39. The summed E-state index contributed by atoms with van der Waals surface area (Å²) in [5, 5.41) is 8.92. The number of hydrogen-bond acceptors (Lipinski definition) is 2. The third kappa shape index (κ3) is 2.82. The molecule has 0 aromatic heterocycles. The van der Waals surface area contributed by atoms with E-state index in [9.17, 15) is 4.79 Å². The second kappa shape index (κ2) is 4.28. The SMILES string of the molecule is CCCC(=O)N(C)C(C)O. The quantitative estimate of drug-likeness (QED) is 0.590. The molecule has 1 atom stereocenters. The first-order chi connectivity index (χ1) is 4.59. The van der Waals surface area contributed by atoms with E-state index >= 15 is 0 Å². The highest BCUT2D eigenvalue weighted by atomic mass is 16.3. The Morgan fingerprint density at radius 1 is 1.70 bits per heavy atom. The highest BCUT2D eigenvalue weighted by molar-refractivity contribution is 5.75. The first kappa shape index (κ1) is 9.43. The zero-order valence-electron chi connectivity index (χ0n) is 6.79. The van der Waals surface area contributed by atoms with Crippen LogP contribution < -0.4 is 0 Å². The number of aliphatic hydroxyl groups excluding tert-OH is 1. The normalized spacial score (nSPS) is 12.8. The summed E-state index contributed by atoms with van der Waals surface area (Å²) in [5.41, 5.74) is 0. The van der Waals surface area contributed by atoms with Gasteiger partial charge >= 0.3 is 0 Å². The third-order valence-corrected chi connectivity index (χ3v) is 1.42. The molecule has 0 aliphatic rings. The molecule has 0 rings (SSSR count). The molecule has 0 aromatic carbocycles. The van der Waals surface area contributed by atoms with E-state index in [-0.39, 0.29) is 5.91 Å². The Balaban J connectivity index is 3.71. The molecule has 0 bridgehead atoms. The molecule has 10 heavy (non-hydrogen) atoms. The van der Waals surface area contributed by atoms with Crippen molar-refractivity contribution in [1.29, 1.82) is 0 Å². The predicted molar refractivity (Wildman–Crippen MR) is 39.4 cm³/mol. The second-order valence-corrected chi connectivity index (χ2v) is 2.39. The molecule has 0 aliphatic carbocycles. The van der Waals surface area contributed by atoms with Gasteiger partial charge in [-0.1, -0.05) is 6.92 Å². The maximum absolute atomic E-state index is 11.0. The van der Waals surface area contributed by atoms with Crippen molar-refractivity contribution in [3.05, 3.63) is 0 Å². The molecule has 1 N–H and O–H groups in total. The average molecular weight is 145 g/mol. The van der Waals surface area contributed by atoms with Crippen LogP contribution in [0.15, 0.2) is 0 Å². The van der Waals surface area contributed by atoms with Crippen LogP contribution in [0.25, 0.3) is 0 Å². The smallest absolute Gasteiger partial charge is 0.224 e. The minimum absolute atomic E-state index is 0.00231. The molecule has 0 aliphatic heterocycles. The lowest BCUT2D eigenvalue weighted by Gasteiger charge is -2.19. The molecule has 0 saturated heterocycles. The van der Waals surface area contributed by atoms with Gasteiger partial charge in [-0.25, -0.2) is 0 Å². The molecular formula is C7H15NO2. The van der Waals surface area contributed by atoms with Crippen LogP contribution in [0.1, 0.15) is 26.7 Å². The molecule has 0 heterocycles. The first-order valence-electron chi connectivity index (χ1n) is 3.53. The van der Waals surface area contributed by atoms with Crippen molar-refractivity contribution >= 4 is 5.91 Å². The summed E-state index contributed by atoms with van der Waals surface area (Å²) in [4.78, 5) is 12.3. The maximum atomic E-state index is 11.0. The zero-order valence-corrected chi connectivity index (χ0v) is 6.79. The Kier molecular flexibility index (Phi) is 4.03. The standard InChI is InChI=1S/C7H15NO2/c1-4-5-7(10)8(3)6(2)9/h6,9H,4-5H2,1-3H3. The summed E-state index contributed by atoms with van der Waals surface area (Å²) in [5.74, 6) is -0.00231. The largest absolute Gasteiger partial charge is 0.374 e. The summed E-state index contributed by atoms with van der Waals surface area (Å²) in [6, 6.07) is 0. The Labute approximate surface area is 61.6 Å². The van der Waals surface area contributed by atoms with Gasteiger partial charge < -0.3 is 10.0 Å². The van der Waals surface area contributed by atoms with Gasteiger partial charge in [-0.05, 0) is 13.3 Å². The van der Waals surface area contributed by atoms with Gasteiger partial charge in [0.25, 0.3) is 0 Å². The van der Waals surface area contributed by atoms with Crippen LogP contribution in [-0.2, 0) is 4.79 Å². The molecule has 0 aromatic rings. The van der Waals surface area contributed by atoms with Crippen LogP contribution in [0.2, 0.25) is 0 Å². The number of aliphatic hydroxyl groups is 1. The lowest BCUT2D eigenvalue weighted by Crippen LogP contribution is -2.34. The van der Waals surface area contributed by atoms with E-state index < -0.39 is 6.23 Å². The average Bonchev–Trinajstić information content (AvgIpc) is 1.87. The van der Waals surface area contributed by atoms with Crippen molar-refractivity contribution in [2.75, 3.05) is 7.05 Å². The lowest BCUT2D eigenvalue weighted by molar-refractivity contribution is -0.137. The van der Waals surface area contributed by atoms with E-state index in [2.05, 4.69) is 0 Å². The number of hydrogen-bond donors (Lipinski definition) is 1. The van der Waals surface area contributed by atoms with Crippen molar-refractivity contribution in [3.63, 3.8) is 0 Å². The first-order valence-corrected chi connectivity index (χ1v) is 3.53. The molecular weight excluding hydrogens is 130 g/mol. The molecule has 0 saturated carbocycles. The van der Waals surface area contributed by atoms with Crippen LogP contribution in [0.3, 0.4) is 0 Å². The van der Waals surface area contributed by atoms with Gasteiger partial charge in [-0.2, -0.15) is 0 Å². The van der Waals surface area contributed by atoms with Gasteiger partial charge in [0.2, 0.25) is 5.91 Å². The fourth-order valence-electron chi connectivity index (χ4n) is 0.599. The van der Waals surface area contributed by atoms with Crippen LogP contribution >= 0.6 is 0 Å². The Morgan fingerprint density at radius 2 is 2.20 bits per heavy atom. The third-order valence-electron chi connectivity index (χ3n) is 1.42. The highest BCUT2D eigenvalue weighted by Crippen LogP contribution is 1.97. The number of nitrogens with zero attached hydrogens (tertiary/aromatic N) is 1. The van der Waals surface area contributed by atoms with Crippen LogP contribution in [0, 0.1) is 0 Å². The van der Waals surface area contributed by atoms with Crippen LogP contribution in [-0.4, -0.2) is 29.2 Å². The van der Waals surface area contributed by atoms with Crippen molar-refractivity contribution in [3.8, 4) is 0 Å². The summed E-state index contributed by atoms with van der Waals surface area (Å²) >= 11 is 0. The number of amides is 1. The minimum Gasteiger partial charge on any atom is -0.374 e. The summed E-state index contributed by atoms with van der Waals surface area (Å²) in [6.07, 6.45) is 0.677. The Morgan fingerprint density at radius 3 is 2.50 bits per heavy atom. The molecule has 0 spiro atoms. The van der Waals surface area contributed by atoms with Gasteiger partial charge in [0, 0.05) is 13.5 Å². The van der Waals surface area contributed by atoms with Crippen LogP contribution in [0.5, 0.6) is 0 Å². The fraction of sp³-hybridized carbons (Fsp3) is 0.857. The van der Waals surface area contributed by atoms with E-state index in [1.165, 1.54) is 4.90 Å². The number of carbonyl (C=O) groups excluding carboxylic acids is 1. The van der Waals surface area contributed by atoms with Gasteiger partial charge in [-0.3, -0.25) is 4.79 Å². The topological polar surface area (TPSA) is 40.5 Å². The van der Waals surface area contributed by atoms with Crippen LogP contribution in [0.4, 0.5) is 0 Å². The predicted octanol–water partition coefficient (Wildman–Crippen LogP) is 0.583. The molecule has 0 fully saturated rings.